The fraction of sp³-hybridized carbons (Fsp3) is 0.269. The Morgan fingerprint density at radius 2 is 1.76 bits per heavy atom. The number of carbonyl (C=O) groups is 2. The number of aliphatic imine (C=N–C) groups is 1. The lowest BCUT2D eigenvalue weighted by atomic mass is 10.0. The lowest BCUT2D eigenvalue weighted by Gasteiger charge is -2.14. The Kier molecular flexibility index (Phi) is 6.21. The van der Waals surface area contributed by atoms with Gasteiger partial charge in [0.05, 0.1) is 13.1 Å². The van der Waals surface area contributed by atoms with Gasteiger partial charge in [0.1, 0.15) is 5.84 Å². The normalized spacial score (nSPS) is 15.1. The van der Waals surface area contributed by atoms with Gasteiger partial charge in [0.2, 0.25) is 0 Å². The van der Waals surface area contributed by atoms with E-state index in [9.17, 15) is 9.59 Å². The maximum atomic E-state index is 12.8. The van der Waals surface area contributed by atoms with Crippen LogP contribution in [-0.2, 0) is 13.1 Å². The summed E-state index contributed by atoms with van der Waals surface area (Å²) in [6.07, 6.45) is 4.96. The topological polar surface area (TPSA) is 82.6 Å². The Balaban J connectivity index is 1.22. The molecule has 0 atom stereocenters. The van der Waals surface area contributed by atoms with Crippen molar-refractivity contribution in [3.8, 4) is 0 Å². The third-order valence-electron chi connectivity index (χ3n) is 6.14. The largest absolute Gasteiger partial charge is 0.382 e. The first kappa shape index (κ1) is 21.4. The monoisotopic (exact) mass is 458 g/mol. The first-order valence-corrected chi connectivity index (χ1v) is 12.2. The molecule has 1 saturated carbocycles. The standard InChI is InChI=1S/C26H26N4O2S/c31-25(28-16-22-6-3-13-33-22)18-7-8-19-15-27-24(23(19)14-18)30-26(32)17-9-11-21(12-10-17)29-20-4-1-2-5-20/h3,6-14,20,29H,1-2,4-5,15-16H2,(H,28,31)(H,27,30,32). The second-order valence-electron chi connectivity index (χ2n) is 8.46. The zero-order chi connectivity index (χ0) is 22.6. The number of anilines is 1. The SMILES string of the molecule is O=C(NCc1cccs1)c1ccc2c(c1)C(NC(=O)c1ccc(NC3CCCC3)cc1)=NC2. The molecular weight excluding hydrogens is 432 g/mol. The highest BCUT2D eigenvalue weighted by molar-refractivity contribution is 7.09. The van der Waals surface area contributed by atoms with Gasteiger partial charge in [0, 0.05) is 33.3 Å². The average molecular weight is 459 g/mol. The van der Waals surface area contributed by atoms with Crippen LogP contribution in [0.3, 0.4) is 0 Å². The van der Waals surface area contributed by atoms with Crippen LogP contribution in [-0.4, -0.2) is 23.7 Å². The van der Waals surface area contributed by atoms with Gasteiger partial charge < -0.3 is 16.0 Å². The van der Waals surface area contributed by atoms with Crippen molar-refractivity contribution in [3.63, 3.8) is 0 Å². The van der Waals surface area contributed by atoms with Gasteiger partial charge in [0.15, 0.2) is 0 Å². The summed E-state index contributed by atoms with van der Waals surface area (Å²) in [5, 5.41) is 11.4. The number of hydrogen-bond acceptors (Lipinski definition) is 5. The number of nitrogens with one attached hydrogen (secondary N) is 3. The van der Waals surface area contributed by atoms with E-state index in [4.69, 9.17) is 0 Å². The quantitative estimate of drug-likeness (QED) is 0.500. The van der Waals surface area contributed by atoms with E-state index in [1.807, 2.05) is 47.8 Å². The van der Waals surface area contributed by atoms with Gasteiger partial charge in [-0.1, -0.05) is 25.0 Å². The van der Waals surface area contributed by atoms with Crippen LogP contribution in [0.5, 0.6) is 0 Å². The molecule has 2 heterocycles. The molecule has 2 aliphatic rings. The Labute approximate surface area is 197 Å². The van der Waals surface area contributed by atoms with Crippen molar-refractivity contribution in [1.82, 2.24) is 10.6 Å². The molecule has 0 saturated heterocycles. The zero-order valence-electron chi connectivity index (χ0n) is 18.3. The number of amides is 2. The molecule has 6 nitrogen and oxygen atoms in total. The molecule has 0 bridgehead atoms. The molecular formula is C26H26N4O2S. The second kappa shape index (κ2) is 9.58. The van der Waals surface area contributed by atoms with Gasteiger partial charge >= 0.3 is 0 Å². The van der Waals surface area contributed by atoms with Gasteiger partial charge in [-0.05, 0) is 66.2 Å². The van der Waals surface area contributed by atoms with Crippen molar-refractivity contribution >= 4 is 34.7 Å². The Hall–Kier alpha value is -3.45. The van der Waals surface area contributed by atoms with Gasteiger partial charge in [0.25, 0.3) is 11.8 Å². The lowest BCUT2D eigenvalue weighted by molar-refractivity contribution is 0.0949. The number of nitrogens with zero attached hydrogens (tertiary/aromatic N) is 1. The molecule has 2 amide bonds. The van der Waals surface area contributed by atoms with Crippen molar-refractivity contribution in [3.05, 3.63) is 87.1 Å². The first-order valence-electron chi connectivity index (χ1n) is 11.3. The van der Waals surface area contributed by atoms with Crippen LogP contribution < -0.4 is 16.0 Å². The molecule has 3 aromatic rings. The summed E-state index contributed by atoms with van der Waals surface area (Å²) in [6.45, 7) is 0.989. The summed E-state index contributed by atoms with van der Waals surface area (Å²) in [6, 6.07) is 17.6. The van der Waals surface area contributed by atoms with Crippen molar-refractivity contribution < 1.29 is 9.59 Å². The van der Waals surface area contributed by atoms with Crippen LogP contribution in [0.15, 0.2) is 65.0 Å². The minimum Gasteiger partial charge on any atom is -0.382 e. The molecule has 3 N–H and O–H groups in total. The number of carbonyl (C=O) groups excluding carboxylic acids is 2. The second-order valence-corrected chi connectivity index (χ2v) is 9.49. The smallest absolute Gasteiger partial charge is 0.256 e. The summed E-state index contributed by atoms with van der Waals surface area (Å²) in [5.41, 5.74) is 3.97. The number of amidine groups is 1. The molecule has 33 heavy (non-hydrogen) atoms. The number of benzene rings is 2. The van der Waals surface area contributed by atoms with Gasteiger partial charge in [-0.15, -0.1) is 11.3 Å². The third-order valence-corrected chi connectivity index (χ3v) is 7.02. The van der Waals surface area contributed by atoms with Crippen molar-refractivity contribution in [2.24, 2.45) is 4.99 Å². The van der Waals surface area contributed by atoms with Gasteiger partial charge in [-0.25, -0.2) is 0 Å². The molecule has 1 fully saturated rings. The molecule has 168 valence electrons. The van der Waals surface area contributed by atoms with Crippen molar-refractivity contribution in [2.45, 2.75) is 44.8 Å². The number of hydrogen-bond donors (Lipinski definition) is 3. The summed E-state index contributed by atoms with van der Waals surface area (Å²) in [4.78, 5) is 31.0. The number of rotatable bonds is 6. The Morgan fingerprint density at radius 3 is 2.52 bits per heavy atom. The minimum absolute atomic E-state index is 0.144. The molecule has 1 aromatic heterocycles. The Bertz CT molecular complexity index is 1180. The van der Waals surface area contributed by atoms with Crippen LogP contribution in [0.25, 0.3) is 0 Å². The predicted octanol–water partition coefficient (Wildman–Crippen LogP) is 4.72. The maximum absolute atomic E-state index is 12.8. The van der Waals surface area contributed by atoms with E-state index >= 15 is 0 Å². The highest BCUT2D eigenvalue weighted by Gasteiger charge is 2.21. The maximum Gasteiger partial charge on any atom is 0.256 e. The number of fused-ring (bicyclic) bond motifs is 1. The Morgan fingerprint density at radius 1 is 0.970 bits per heavy atom. The lowest BCUT2D eigenvalue weighted by Crippen LogP contribution is -2.30. The fourth-order valence-corrected chi connectivity index (χ4v) is 4.96. The molecule has 2 aromatic carbocycles. The van der Waals surface area contributed by atoms with E-state index in [0.29, 0.717) is 36.1 Å². The van der Waals surface area contributed by atoms with Crippen molar-refractivity contribution in [2.75, 3.05) is 5.32 Å². The summed E-state index contributed by atoms with van der Waals surface area (Å²) in [7, 11) is 0. The van der Waals surface area contributed by atoms with E-state index < -0.39 is 0 Å². The van der Waals surface area contributed by atoms with E-state index in [1.54, 1.807) is 23.5 Å². The van der Waals surface area contributed by atoms with E-state index in [1.165, 1.54) is 25.7 Å². The summed E-state index contributed by atoms with van der Waals surface area (Å²) in [5.74, 6) is 0.159. The van der Waals surface area contributed by atoms with E-state index in [0.717, 1.165) is 21.7 Å². The molecule has 0 unspecified atom stereocenters. The minimum atomic E-state index is -0.207. The zero-order valence-corrected chi connectivity index (χ0v) is 19.1. The van der Waals surface area contributed by atoms with Crippen LogP contribution in [0.2, 0.25) is 0 Å². The van der Waals surface area contributed by atoms with Crippen LogP contribution in [0.4, 0.5) is 5.69 Å². The average Bonchev–Trinajstić information content (AvgIpc) is 3.61. The van der Waals surface area contributed by atoms with Crippen LogP contribution >= 0.6 is 11.3 Å². The molecule has 1 aliphatic carbocycles. The molecule has 7 heteroatoms. The molecule has 0 spiro atoms. The van der Waals surface area contributed by atoms with Gasteiger partial charge in [-0.2, -0.15) is 0 Å². The summed E-state index contributed by atoms with van der Waals surface area (Å²) >= 11 is 1.61. The van der Waals surface area contributed by atoms with E-state index in [2.05, 4.69) is 20.9 Å². The van der Waals surface area contributed by atoms with Crippen molar-refractivity contribution in [1.29, 1.82) is 0 Å². The highest BCUT2D eigenvalue weighted by atomic mass is 32.1. The van der Waals surface area contributed by atoms with Crippen LogP contribution in [0, 0.1) is 0 Å². The number of thiophene rings is 1. The van der Waals surface area contributed by atoms with E-state index in [-0.39, 0.29) is 11.8 Å². The highest BCUT2D eigenvalue weighted by Crippen LogP contribution is 2.23. The fourth-order valence-electron chi connectivity index (χ4n) is 4.32. The molecule has 5 rings (SSSR count). The first-order chi connectivity index (χ1) is 16.2. The van der Waals surface area contributed by atoms with Crippen LogP contribution in [0.1, 0.15) is 62.4 Å². The third kappa shape index (κ3) is 4.98. The molecule has 0 radical (unpaired) electrons. The van der Waals surface area contributed by atoms with Gasteiger partial charge in [-0.3, -0.25) is 14.6 Å². The predicted molar refractivity (Wildman–Crippen MR) is 132 cm³/mol. The summed E-state index contributed by atoms with van der Waals surface area (Å²) < 4.78 is 0. The molecule has 1 aliphatic heterocycles.